The highest BCUT2D eigenvalue weighted by molar-refractivity contribution is 7.99. The molecule has 0 spiro atoms. The van der Waals surface area contributed by atoms with Crippen LogP contribution in [0.4, 0.5) is 0 Å². The zero-order chi connectivity index (χ0) is 24.9. The van der Waals surface area contributed by atoms with Crippen molar-refractivity contribution in [2.45, 2.75) is 12.1 Å². The van der Waals surface area contributed by atoms with Crippen LogP contribution < -0.4 is 5.43 Å². The number of carbonyl (C=O) groups is 1. The highest BCUT2D eigenvalue weighted by Gasteiger charge is 2.17. The number of carbonyl (C=O) groups excluding carboxylic acids is 1. The number of thioether (sulfide) groups is 1. The summed E-state index contributed by atoms with van der Waals surface area (Å²) < 4.78 is 1.94. The normalized spacial score (nSPS) is 11.3. The molecule has 0 atom stereocenters. The fourth-order valence-corrected chi connectivity index (χ4v) is 4.65. The van der Waals surface area contributed by atoms with Crippen LogP contribution >= 0.6 is 23.4 Å². The summed E-state index contributed by atoms with van der Waals surface area (Å²) >= 11 is 7.37. The van der Waals surface area contributed by atoms with Crippen molar-refractivity contribution in [1.29, 1.82) is 0 Å². The van der Waals surface area contributed by atoms with Gasteiger partial charge in [0.1, 0.15) is 0 Å². The fourth-order valence-electron chi connectivity index (χ4n) is 3.78. The molecule has 0 radical (unpaired) electrons. The van der Waals surface area contributed by atoms with Crippen LogP contribution in [0.2, 0.25) is 5.02 Å². The molecular weight excluding hydrogens is 490 g/mol. The van der Waals surface area contributed by atoms with Crippen molar-refractivity contribution in [2.75, 3.05) is 5.75 Å². The van der Waals surface area contributed by atoms with E-state index in [1.165, 1.54) is 11.8 Å². The monoisotopic (exact) mass is 511 g/mol. The number of hydrogen-bond acceptors (Lipinski definition) is 5. The van der Waals surface area contributed by atoms with E-state index in [1.54, 1.807) is 6.21 Å². The first-order valence-corrected chi connectivity index (χ1v) is 12.7. The van der Waals surface area contributed by atoms with E-state index in [-0.39, 0.29) is 11.7 Å². The van der Waals surface area contributed by atoms with E-state index in [1.807, 2.05) is 102 Å². The summed E-state index contributed by atoms with van der Waals surface area (Å²) in [6, 6.07) is 29.6. The van der Waals surface area contributed by atoms with Crippen LogP contribution in [0.15, 0.2) is 101 Å². The molecule has 1 heterocycles. The van der Waals surface area contributed by atoms with Crippen molar-refractivity contribution >= 4 is 46.3 Å². The Morgan fingerprint density at radius 1 is 0.972 bits per heavy atom. The van der Waals surface area contributed by atoms with Gasteiger partial charge in [-0.1, -0.05) is 83.5 Å². The number of hydrazone groups is 1. The molecule has 0 aliphatic rings. The van der Waals surface area contributed by atoms with Crippen LogP contribution in [0, 0.1) is 6.92 Å². The van der Waals surface area contributed by atoms with Gasteiger partial charge in [0.2, 0.25) is 0 Å². The fraction of sp³-hybridized carbons (Fsp3) is 0.0714. The smallest absolute Gasteiger partial charge is 0.250 e. The molecular formula is C28H22ClN5OS. The number of nitrogens with one attached hydrogen (secondary N) is 1. The first-order valence-electron chi connectivity index (χ1n) is 11.3. The first-order chi connectivity index (χ1) is 17.6. The predicted molar refractivity (Wildman–Crippen MR) is 147 cm³/mol. The Kier molecular flexibility index (Phi) is 7.11. The van der Waals surface area contributed by atoms with Gasteiger partial charge in [-0.25, -0.2) is 5.43 Å². The van der Waals surface area contributed by atoms with Gasteiger partial charge in [0, 0.05) is 21.8 Å². The lowest BCUT2D eigenvalue weighted by Gasteiger charge is -2.10. The molecule has 1 aromatic heterocycles. The summed E-state index contributed by atoms with van der Waals surface area (Å²) in [6.45, 7) is 2.04. The molecule has 5 aromatic rings. The van der Waals surface area contributed by atoms with Gasteiger partial charge in [0.25, 0.3) is 5.91 Å². The SMILES string of the molecule is Cc1ccc(-n2c(SCC(=O)N/N=C\c3cccc4ccccc34)nnc2-c2ccc(Cl)cc2)cc1. The van der Waals surface area contributed by atoms with Crippen LogP contribution in [0.5, 0.6) is 0 Å². The summed E-state index contributed by atoms with van der Waals surface area (Å²) in [5.74, 6) is 0.577. The number of nitrogens with zero attached hydrogens (tertiary/aromatic N) is 4. The summed E-state index contributed by atoms with van der Waals surface area (Å²) in [5.41, 5.74) is 6.49. The highest BCUT2D eigenvalue weighted by atomic mass is 35.5. The largest absolute Gasteiger partial charge is 0.272 e. The highest BCUT2D eigenvalue weighted by Crippen LogP contribution is 2.29. The lowest BCUT2D eigenvalue weighted by atomic mass is 10.1. The third-order valence-corrected chi connectivity index (χ3v) is 6.76. The third kappa shape index (κ3) is 5.32. The maximum Gasteiger partial charge on any atom is 0.250 e. The van der Waals surface area contributed by atoms with Gasteiger partial charge in [-0.15, -0.1) is 10.2 Å². The van der Waals surface area contributed by atoms with Crippen molar-refractivity contribution in [3.8, 4) is 17.1 Å². The van der Waals surface area contributed by atoms with E-state index in [0.29, 0.717) is 16.0 Å². The number of benzene rings is 4. The minimum atomic E-state index is -0.233. The Bertz CT molecular complexity index is 1540. The zero-order valence-electron chi connectivity index (χ0n) is 19.4. The second-order valence-electron chi connectivity index (χ2n) is 8.13. The average Bonchev–Trinajstić information content (AvgIpc) is 3.32. The summed E-state index contributed by atoms with van der Waals surface area (Å²) in [6.07, 6.45) is 1.67. The van der Waals surface area contributed by atoms with E-state index in [0.717, 1.165) is 33.2 Å². The second-order valence-corrected chi connectivity index (χ2v) is 9.51. The maximum absolute atomic E-state index is 12.6. The number of aryl methyl sites for hydroxylation is 1. The number of amides is 1. The van der Waals surface area contributed by atoms with Crippen molar-refractivity contribution in [3.63, 3.8) is 0 Å². The molecule has 0 fully saturated rings. The van der Waals surface area contributed by atoms with Crippen LogP contribution in [0.1, 0.15) is 11.1 Å². The van der Waals surface area contributed by atoms with Gasteiger partial charge in [0.15, 0.2) is 11.0 Å². The lowest BCUT2D eigenvalue weighted by Crippen LogP contribution is -2.20. The molecule has 4 aromatic carbocycles. The Morgan fingerprint density at radius 2 is 1.72 bits per heavy atom. The van der Waals surface area contributed by atoms with E-state index < -0.39 is 0 Å². The van der Waals surface area contributed by atoms with Gasteiger partial charge in [-0.3, -0.25) is 9.36 Å². The van der Waals surface area contributed by atoms with E-state index in [4.69, 9.17) is 11.6 Å². The van der Waals surface area contributed by atoms with Crippen LogP contribution in [0.3, 0.4) is 0 Å². The number of hydrogen-bond donors (Lipinski definition) is 1. The summed E-state index contributed by atoms with van der Waals surface area (Å²) in [7, 11) is 0. The topological polar surface area (TPSA) is 72.2 Å². The van der Waals surface area contributed by atoms with Crippen molar-refractivity contribution in [3.05, 3.63) is 107 Å². The average molecular weight is 512 g/mol. The van der Waals surface area contributed by atoms with Crippen LogP contribution in [0.25, 0.3) is 27.8 Å². The molecule has 178 valence electrons. The molecule has 6 nitrogen and oxygen atoms in total. The molecule has 0 bridgehead atoms. The van der Waals surface area contributed by atoms with E-state index in [9.17, 15) is 4.79 Å². The molecule has 0 unspecified atom stereocenters. The molecule has 8 heteroatoms. The molecule has 0 aliphatic heterocycles. The van der Waals surface area contributed by atoms with Gasteiger partial charge >= 0.3 is 0 Å². The third-order valence-electron chi connectivity index (χ3n) is 5.58. The number of halogens is 1. The summed E-state index contributed by atoms with van der Waals surface area (Å²) in [4.78, 5) is 12.6. The molecule has 0 saturated carbocycles. The Labute approximate surface area is 218 Å². The molecule has 36 heavy (non-hydrogen) atoms. The lowest BCUT2D eigenvalue weighted by molar-refractivity contribution is -0.118. The molecule has 1 amide bonds. The molecule has 5 rings (SSSR count). The zero-order valence-corrected chi connectivity index (χ0v) is 21.0. The first kappa shape index (κ1) is 23.8. The Balaban J connectivity index is 1.33. The summed E-state index contributed by atoms with van der Waals surface area (Å²) in [5, 5.41) is 16.4. The number of aromatic nitrogens is 3. The minimum absolute atomic E-state index is 0.136. The van der Waals surface area contributed by atoms with Crippen molar-refractivity contribution in [1.82, 2.24) is 20.2 Å². The van der Waals surface area contributed by atoms with Gasteiger partial charge in [0.05, 0.1) is 12.0 Å². The number of rotatable bonds is 7. The Hall–Kier alpha value is -3.94. The molecule has 0 saturated heterocycles. The van der Waals surface area contributed by atoms with Gasteiger partial charge in [-0.2, -0.15) is 5.10 Å². The van der Waals surface area contributed by atoms with E-state index in [2.05, 4.69) is 20.7 Å². The quantitative estimate of drug-likeness (QED) is 0.158. The van der Waals surface area contributed by atoms with Crippen molar-refractivity contribution < 1.29 is 4.79 Å². The van der Waals surface area contributed by atoms with Crippen molar-refractivity contribution in [2.24, 2.45) is 5.10 Å². The molecule has 0 aliphatic carbocycles. The standard InChI is InChI=1S/C28H22ClN5OS/c1-19-9-15-24(16-10-19)34-27(21-11-13-23(29)14-12-21)32-33-28(34)36-18-26(35)31-30-17-22-7-4-6-20-5-2-3-8-25(20)22/h2-17H,18H2,1H3,(H,31,35)/b30-17-. The van der Waals surface area contributed by atoms with Gasteiger partial charge in [-0.05, 0) is 54.1 Å². The van der Waals surface area contributed by atoms with Gasteiger partial charge < -0.3 is 0 Å². The predicted octanol–water partition coefficient (Wildman–Crippen LogP) is 6.29. The molecule has 1 N–H and O–H groups in total. The Morgan fingerprint density at radius 3 is 2.53 bits per heavy atom. The van der Waals surface area contributed by atoms with E-state index >= 15 is 0 Å². The van der Waals surface area contributed by atoms with Crippen LogP contribution in [-0.4, -0.2) is 32.6 Å². The van der Waals surface area contributed by atoms with Crippen LogP contribution in [-0.2, 0) is 4.79 Å². The second kappa shape index (κ2) is 10.8. The number of fused-ring (bicyclic) bond motifs is 1. The maximum atomic E-state index is 12.6. The minimum Gasteiger partial charge on any atom is -0.272 e.